The number of benzene rings is 2. The average Bonchev–Trinajstić information content (AvgIpc) is 2.61. The summed E-state index contributed by atoms with van der Waals surface area (Å²) in [4.78, 5) is 14.6. The van der Waals surface area contributed by atoms with Gasteiger partial charge in [-0.3, -0.25) is 4.90 Å². The third-order valence-electron chi connectivity index (χ3n) is 4.72. The van der Waals surface area contributed by atoms with E-state index in [1.54, 1.807) is 6.07 Å². The van der Waals surface area contributed by atoms with Crippen molar-refractivity contribution in [2.45, 2.75) is 33.7 Å². The molecule has 4 nitrogen and oxygen atoms in total. The number of hydrogen-bond donors (Lipinski definition) is 1. The Bertz CT molecular complexity index is 939. The van der Waals surface area contributed by atoms with Crippen LogP contribution in [0.4, 0.5) is 0 Å². The van der Waals surface area contributed by atoms with Gasteiger partial charge in [-0.15, -0.1) is 0 Å². The molecule has 3 rings (SSSR count). The number of aromatic hydroxyl groups is 1. The maximum atomic E-state index is 12.4. The van der Waals surface area contributed by atoms with E-state index in [1.165, 1.54) is 0 Å². The highest BCUT2D eigenvalue weighted by Gasteiger charge is 2.18. The van der Waals surface area contributed by atoms with Gasteiger partial charge in [0.25, 0.3) is 0 Å². The van der Waals surface area contributed by atoms with Crippen LogP contribution in [-0.4, -0.2) is 23.1 Å². The Morgan fingerprint density at radius 3 is 2.33 bits per heavy atom. The standard InChI is InChI=1S/C20H23NO3/c1-4-13-11-16-14-9-7-8-10-15(14)20(23)24-19(16)17(18(13)22)12-21(5-2)6-3/h7-11,22H,4-6,12H2,1-3H3. The third kappa shape index (κ3) is 2.67. The molecule has 0 saturated carbocycles. The van der Waals surface area contributed by atoms with Crippen molar-refractivity contribution in [3.8, 4) is 5.75 Å². The number of fused-ring (bicyclic) bond motifs is 3. The van der Waals surface area contributed by atoms with E-state index in [0.29, 0.717) is 23.1 Å². The van der Waals surface area contributed by atoms with Crippen LogP contribution in [0.3, 0.4) is 0 Å². The molecule has 0 amide bonds. The van der Waals surface area contributed by atoms with Gasteiger partial charge in [0.15, 0.2) is 0 Å². The Labute approximate surface area is 141 Å². The van der Waals surface area contributed by atoms with Crippen molar-refractivity contribution in [3.05, 3.63) is 51.9 Å². The second-order valence-corrected chi connectivity index (χ2v) is 5.99. The molecule has 24 heavy (non-hydrogen) atoms. The van der Waals surface area contributed by atoms with Gasteiger partial charge < -0.3 is 9.52 Å². The van der Waals surface area contributed by atoms with Crippen molar-refractivity contribution in [1.29, 1.82) is 0 Å². The lowest BCUT2D eigenvalue weighted by Gasteiger charge is -2.20. The minimum Gasteiger partial charge on any atom is -0.507 e. The lowest BCUT2D eigenvalue weighted by atomic mass is 9.98. The van der Waals surface area contributed by atoms with E-state index in [-0.39, 0.29) is 11.4 Å². The summed E-state index contributed by atoms with van der Waals surface area (Å²) in [6, 6.07) is 9.42. The molecule has 0 radical (unpaired) electrons. The van der Waals surface area contributed by atoms with Gasteiger partial charge >= 0.3 is 5.63 Å². The molecule has 0 atom stereocenters. The van der Waals surface area contributed by atoms with Gasteiger partial charge in [-0.25, -0.2) is 4.79 Å². The molecular formula is C20H23NO3. The molecule has 0 aliphatic carbocycles. The van der Waals surface area contributed by atoms with E-state index in [4.69, 9.17) is 4.42 Å². The summed E-state index contributed by atoms with van der Waals surface area (Å²) < 4.78 is 5.63. The van der Waals surface area contributed by atoms with Gasteiger partial charge in [0.05, 0.1) is 10.9 Å². The number of hydrogen-bond acceptors (Lipinski definition) is 4. The molecule has 3 aromatic rings. The van der Waals surface area contributed by atoms with Crippen molar-refractivity contribution in [2.24, 2.45) is 0 Å². The normalized spacial score (nSPS) is 11.7. The van der Waals surface area contributed by atoms with E-state index in [2.05, 4.69) is 18.7 Å². The highest BCUT2D eigenvalue weighted by molar-refractivity contribution is 6.06. The van der Waals surface area contributed by atoms with Gasteiger partial charge in [0.2, 0.25) is 0 Å². The largest absolute Gasteiger partial charge is 0.507 e. The minimum atomic E-state index is -0.359. The first-order chi connectivity index (χ1) is 11.6. The van der Waals surface area contributed by atoms with Crippen molar-refractivity contribution < 1.29 is 9.52 Å². The predicted octanol–water partition coefficient (Wildman–Crippen LogP) is 4.06. The van der Waals surface area contributed by atoms with Crippen LogP contribution < -0.4 is 5.63 Å². The zero-order valence-electron chi connectivity index (χ0n) is 14.4. The van der Waals surface area contributed by atoms with Gasteiger partial charge in [0.1, 0.15) is 11.3 Å². The summed E-state index contributed by atoms with van der Waals surface area (Å²) in [5, 5.41) is 13.0. The molecule has 0 unspecified atom stereocenters. The third-order valence-corrected chi connectivity index (χ3v) is 4.72. The van der Waals surface area contributed by atoms with Crippen LogP contribution in [0, 0.1) is 0 Å². The van der Waals surface area contributed by atoms with Gasteiger partial charge in [-0.05, 0) is 42.6 Å². The molecular weight excluding hydrogens is 302 g/mol. The topological polar surface area (TPSA) is 53.7 Å². The number of nitrogens with zero attached hydrogens (tertiary/aromatic N) is 1. The fourth-order valence-corrected chi connectivity index (χ4v) is 3.22. The lowest BCUT2D eigenvalue weighted by Crippen LogP contribution is -2.22. The number of phenolic OH excluding ortho intramolecular Hbond substituents is 1. The molecule has 0 spiro atoms. The SMILES string of the molecule is CCc1cc2c(oc(=O)c3ccccc32)c(CN(CC)CC)c1O. The second-order valence-electron chi connectivity index (χ2n) is 5.99. The van der Waals surface area contributed by atoms with Crippen LogP contribution in [0.1, 0.15) is 31.9 Å². The van der Waals surface area contributed by atoms with Crippen molar-refractivity contribution in [3.63, 3.8) is 0 Å². The van der Waals surface area contributed by atoms with E-state index in [1.807, 2.05) is 31.2 Å². The monoisotopic (exact) mass is 325 g/mol. The van der Waals surface area contributed by atoms with E-state index >= 15 is 0 Å². The van der Waals surface area contributed by atoms with Crippen LogP contribution in [0.25, 0.3) is 21.7 Å². The Morgan fingerprint density at radius 2 is 1.71 bits per heavy atom. The zero-order chi connectivity index (χ0) is 17.3. The molecule has 0 saturated heterocycles. The molecule has 4 heteroatoms. The second kappa shape index (κ2) is 6.65. The van der Waals surface area contributed by atoms with Crippen LogP contribution in [0.2, 0.25) is 0 Å². The van der Waals surface area contributed by atoms with Gasteiger partial charge in [0, 0.05) is 11.9 Å². The molecule has 1 N–H and O–H groups in total. The average molecular weight is 325 g/mol. The molecule has 126 valence electrons. The Kier molecular flexibility index (Phi) is 4.58. The lowest BCUT2D eigenvalue weighted by molar-refractivity contribution is 0.290. The fourth-order valence-electron chi connectivity index (χ4n) is 3.22. The van der Waals surface area contributed by atoms with Gasteiger partial charge in [-0.2, -0.15) is 0 Å². The number of phenols is 1. The summed E-state index contributed by atoms with van der Waals surface area (Å²) in [7, 11) is 0. The Balaban J connectivity index is 2.40. The summed E-state index contributed by atoms with van der Waals surface area (Å²) in [5.74, 6) is 0.246. The van der Waals surface area contributed by atoms with Gasteiger partial charge in [-0.1, -0.05) is 39.0 Å². The van der Waals surface area contributed by atoms with E-state index in [0.717, 1.165) is 35.8 Å². The van der Waals surface area contributed by atoms with Crippen molar-refractivity contribution >= 4 is 21.7 Å². The van der Waals surface area contributed by atoms with Crippen LogP contribution in [0.15, 0.2) is 39.5 Å². The first kappa shape index (κ1) is 16.5. The molecule has 0 bridgehead atoms. The first-order valence-corrected chi connectivity index (χ1v) is 8.52. The molecule has 0 aliphatic rings. The van der Waals surface area contributed by atoms with Crippen molar-refractivity contribution in [1.82, 2.24) is 4.90 Å². The molecule has 0 fully saturated rings. The molecule has 0 aliphatic heterocycles. The molecule has 1 heterocycles. The number of aryl methyl sites for hydroxylation is 1. The Hall–Kier alpha value is -2.33. The molecule has 1 aromatic heterocycles. The smallest absolute Gasteiger partial charge is 0.344 e. The predicted molar refractivity (Wildman–Crippen MR) is 97.7 cm³/mol. The zero-order valence-corrected chi connectivity index (χ0v) is 14.4. The number of rotatable bonds is 5. The highest BCUT2D eigenvalue weighted by atomic mass is 16.4. The maximum Gasteiger partial charge on any atom is 0.344 e. The molecule has 2 aromatic carbocycles. The van der Waals surface area contributed by atoms with Crippen LogP contribution in [-0.2, 0) is 13.0 Å². The Morgan fingerprint density at radius 1 is 1.04 bits per heavy atom. The quantitative estimate of drug-likeness (QED) is 0.568. The summed E-state index contributed by atoms with van der Waals surface area (Å²) in [6.45, 7) is 8.47. The van der Waals surface area contributed by atoms with Crippen LogP contribution >= 0.6 is 0 Å². The van der Waals surface area contributed by atoms with E-state index in [9.17, 15) is 9.90 Å². The highest BCUT2D eigenvalue weighted by Crippen LogP contribution is 2.35. The summed E-state index contributed by atoms with van der Waals surface area (Å²) in [5.41, 5.74) is 1.72. The van der Waals surface area contributed by atoms with Crippen LogP contribution in [0.5, 0.6) is 5.75 Å². The summed E-state index contributed by atoms with van der Waals surface area (Å²) >= 11 is 0. The summed E-state index contributed by atoms with van der Waals surface area (Å²) in [6.07, 6.45) is 0.723. The maximum absolute atomic E-state index is 12.4. The minimum absolute atomic E-state index is 0.246. The van der Waals surface area contributed by atoms with Crippen molar-refractivity contribution in [2.75, 3.05) is 13.1 Å². The first-order valence-electron chi connectivity index (χ1n) is 8.52. The van der Waals surface area contributed by atoms with E-state index < -0.39 is 0 Å². The fraction of sp³-hybridized carbons (Fsp3) is 0.350.